The van der Waals surface area contributed by atoms with E-state index in [0.29, 0.717) is 5.92 Å². The summed E-state index contributed by atoms with van der Waals surface area (Å²) in [5, 5.41) is 0. The van der Waals surface area contributed by atoms with Gasteiger partial charge in [0.05, 0.1) is 19.3 Å². The van der Waals surface area contributed by atoms with E-state index < -0.39 is 11.4 Å². The molecule has 6 heteroatoms. The molecule has 0 spiro atoms. The van der Waals surface area contributed by atoms with Crippen molar-refractivity contribution >= 4 is 27.3 Å². The molecule has 1 aliphatic heterocycles. The fourth-order valence-corrected chi connectivity index (χ4v) is 5.46. The first-order valence-corrected chi connectivity index (χ1v) is 13.0. The van der Waals surface area contributed by atoms with Gasteiger partial charge in [-0.15, -0.1) is 4.72 Å². The number of ether oxygens (including phenoxy) is 2. The van der Waals surface area contributed by atoms with Crippen molar-refractivity contribution in [3.63, 3.8) is 0 Å². The molecule has 2 aliphatic rings. The number of hydrogen-bond acceptors (Lipinski definition) is 4. The van der Waals surface area contributed by atoms with Crippen LogP contribution in [0.1, 0.15) is 95.2 Å². The summed E-state index contributed by atoms with van der Waals surface area (Å²) in [7, 11) is 0. The minimum absolute atomic E-state index is 0.0126. The van der Waals surface area contributed by atoms with Crippen LogP contribution in [0.25, 0.3) is 0 Å². The minimum Gasteiger partial charge on any atom is -0.598 e. The quantitative estimate of drug-likeness (QED) is 0.471. The molecule has 1 aromatic carbocycles. The Hall–Kier alpha value is -0.110. The van der Waals surface area contributed by atoms with Crippen molar-refractivity contribution in [2.75, 3.05) is 13.2 Å². The van der Waals surface area contributed by atoms with Gasteiger partial charge in [0.1, 0.15) is 4.75 Å². The molecule has 1 heterocycles. The standard InChI is InChI=1S/C23H36BrNO3S/c1-23(2,3)29(26)25-21(12-13-22-27-14-7-15-28-22)20-16-18(24)10-11-19(20)17-8-5-4-6-9-17/h10-11,16-17,21-22,25H,4-9,12-15H2,1-3H3/t21-,29-/m0/s1. The molecule has 1 saturated carbocycles. The van der Waals surface area contributed by atoms with Gasteiger partial charge in [-0.3, -0.25) is 0 Å². The molecule has 1 N–H and O–H groups in total. The zero-order chi connectivity index (χ0) is 20.9. The molecule has 0 bridgehead atoms. The SMILES string of the molecule is CC(C)(C)[S@+]([O-])N[C@@H](CCC1OCCCO1)c1cc(Br)ccc1C1CCCCC1. The highest BCUT2D eigenvalue weighted by Gasteiger charge is 2.32. The third kappa shape index (κ3) is 6.94. The molecule has 3 rings (SSSR count). The summed E-state index contributed by atoms with van der Waals surface area (Å²) < 4.78 is 28.8. The Morgan fingerprint density at radius 3 is 2.48 bits per heavy atom. The predicted molar refractivity (Wildman–Crippen MR) is 123 cm³/mol. The van der Waals surface area contributed by atoms with Crippen LogP contribution in [0.5, 0.6) is 0 Å². The van der Waals surface area contributed by atoms with Crippen LogP contribution in [-0.2, 0) is 20.8 Å². The van der Waals surface area contributed by atoms with E-state index >= 15 is 0 Å². The second-order valence-electron chi connectivity index (χ2n) is 9.26. The van der Waals surface area contributed by atoms with Gasteiger partial charge in [0.15, 0.2) is 6.29 Å². The Bertz CT molecular complexity index is 640. The van der Waals surface area contributed by atoms with E-state index in [4.69, 9.17) is 9.47 Å². The lowest BCUT2D eigenvalue weighted by atomic mass is 9.80. The van der Waals surface area contributed by atoms with Crippen molar-refractivity contribution in [1.29, 1.82) is 0 Å². The molecule has 0 unspecified atom stereocenters. The van der Waals surface area contributed by atoms with Gasteiger partial charge in [-0.25, -0.2) is 0 Å². The van der Waals surface area contributed by atoms with Crippen LogP contribution in [0, 0.1) is 0 Å². The monoisotopic (exact) mass is 485 g/mol. The van der Waals surface area contributed by atoms with Crippen molar-refractivity contribution < 1.29 is 14.0 Å². The van der Waals surface area contributed by atoms with Crippen molar-refractivity contribution in [2.45, 2.75) is 95.1 Å². The fourth-order valence-electron chi connectivity index (χ4n) is 4.22. The van der Waals surface area contributed by atoms with Gasteiger partial charge < -0.3 is 14.0 Å². The molecule has 1 saturated heterocycles. The summed E-state index contributed by atoms with van der Waals surface area (Å²) >= 11 is 2.53. The summed E-state index contributed by atoms with van der Waals surface area (Å²) in [5.41, 5.74) is 2.70. The Morgan fingerprint density at radius 1 is 1.14 bits per heavy atom. The average molecular weight is 487 g/mol. The summed E-state index contributed by atoms with van der Waals surface area (Å²) in [6, 6.07) is 6.67. The first kappa shape index (κ1) is 23.6. The maximum absolute atomic E-state index is 13.0. The average Bonchev–Trinajstić information content (AvgIpc) is 2.71. The molecule has 1 aliphatic carbocycles. The fraction of sp³-hybridized carbons (Fsp3) is 0.739. The van der Waals surface area contributed by atoms with E-state index in [1.54, 1.807) is 0 Å². The van der Waals surface area contributed by atoms with Gasteiger partial charge in [-0.1, -0.05) is 41.3 Å². The molecule has 2 fully saturated rings. The highest BCUT2D eigenvalue weighted by molar-refractivity contribution is 9.10. The maximum Gasteiger partial charge on any atom is 0.157 e. The van der Waals surface area contributed by atoms with Crippen LogP contribution < -0.4 is 4.72 Å². The van der Waals surface area contributed by atoms with Gasteiger partial charge in [-0.2, -0.15) is 0 Å². The van der Waals surface area contributed by atoms with Crippen LogP contribution in [0.4, 0.5) is 0 Å². The zero-order valence-corrected chi connectivity index (χ0v) is 20.4. The highest BCUT2D eigenvalue weighted by atomic mass is 79.9. The smallest absolute Gasteiger partial charge is 0.157 e. The predicted octanol–water partition coefficient (Wildman–Crippen LogP) is 6.13. The highest BCUT2D eigenvalue weighted by Crippen LogP contribution is 2.39. The maximum atomic E-state index is 13.0. The number of halogens is 1. The molecule has 1 aromatic rings. The second-order valence-corrected chi connectivity index (χ2v) is 12.2. The van der Waals surface area contributed by atoms with Crippen LogP contribution in [0.3, 0.4) is 0 Å². The van der Waals surface area contributed by atoms with E-state index in [0.717, 1.165) is 36.9 Å². The molecule has 2 atom stereocenters. The van der Waals surface area contributed by atoms with Crippen molar-refractivity contribution in [1.82, 2.24) is 4.72 Å². The minimum atomic E-state index is -1.14. The molecule has 0 aromatic heterocycles. The summed E-state index contributed by atoms with van der Waals surface area (Å²) in [5.74, 6) is 0.599. The van der Waals surface area contributed by atoms with Crippen molar-refractivity contribution in [2.24, 2.45) is 0 Å². The Morgan fingerprint density at radius 2 is 1.83 bits per heavy atom. The number of hydrogen-bond donors (Lipinski definition) is 1. The molecular formula is C23H36BrNO3S. The molecule has 164 valence electrons. The van der Waals surface area contributed by atoms with E-state index in [1.807, 2.05) is 20.8 Å². The zero-order valence-electron chi connectivity index (χ0n) is 18.0. The Kier molecular flexibility index (Phi) is 8.90. The molecule has 4 nitrogen and oxygen atoms in total. The summed E-state index contributed by atoms with van der Waals surface area (Å²) in [4.78, 5) is 0. The van der Waals surface area contributed by atoms with E-state index in [9.17, 15) is 4.55 Å². The summed E-state index contributed by atoms with van der Waals surface area (Å²) in [6.45, 7) is 7.58. The lowest BCUT2D eigenvalue weighted by molar-refractivity contribution is -0.182. The summed E-state index contributed by atoms with van der Waals surface area (Å²) in [6.07, 6.45) is 8.89. The van der Waals surface area contributed by atoms with Gasteiger partial charge in [-0.05, 0) is 75.6 Å². The third-order valence-corrected chi connectivity index (χ3v) is 7.97. The molecular weight excluding hydrogens is 450 g/mol. The largest absolute Gasteiger partial charge is 0.598 e. The van der Waals surface area contributed by atoms with Gasteiger partial charge in [0.2, 0.25) is 0 Å². The topological polar surface area (TPSA) is 53.5 Å². The van der Waals surface area contributed by atoms with E-state index in [2.05, 4.69) is 38.9 Å². The number of benzene rings is 1. The molecule has 0 radical (unpaired) electrons. The number of rotatable bonds is 7. The van der Waals surface area contributed by atoms with Gasteiger partial charge in [0.25, 0.3) is 0 Å². The molecule has 0 amide bonds. The van der Waals surface area contributed by atoms with E-state index in [1.165, 1.54) is 43.2 Å². The van der Waals surface area contributed by atoms with Gasteiger partial charge >= 0.3 is 0 Å². The Balaban J connectivity index is 1.83. The van der Waals surface area contributed by atoms with Crippen LogP contribution in [-0.4, -0.2) is 28.8 Å². The van der Waals surface area contributed by atoms with Crippen LogP contribution in [0.2, 0.25) is 0 Å². The third-order valence-electron chi connectivity index (χ3n) is 5.86. The van der Waals surface area contributed by atoms with Gasteiger partial charge in [0, 0.05) is 22.3 Å². The van der Waals surface area contributed by atoms with Crippen LogP contribution in [0.15, 0.2) is 22.7 Å². The Labute approximate surface area is 187 Å². The first-order valence-electron chi connectivity index (χ1n) is 11.0. The van der Waals surface area contributed by atoms with Crippen molar-refractivity contribution in [3.05, 3.63) is 33.8 Å². The lowest BCUT2D eigenvalue weighted by Gasteiger charge is -2.32. The van der Waals surface area contributed by atoms with E-state index in [-0.39, 0.29) is 17.1 Å². The first-order chi connectivity index (χ1) is 13.8. The second kappa shape index (κ2) is 11.0. The molecule has 29 heavy (non-hydrogen) atoms. The van der Waals surface area contributed by atoms with Crippen LogP contribution >= 0.6 is 15.9 Å². The normalized spacial score (nSPS) is 21.8. The number of nitrogens with one attached hydrogen (secondary N) is 1. The lowest BCUT2D eigenvalue weighted by Crippen LogP contribution is -2.42. The van der Waals surface area contributed by atoms with Crippen molar-refractivity contribution in [3.8, 4) is 0 Å².